The zero-order valence-electron chi connectivity index (χ0n) is 18.6. The Hall–Kier alpha value is -3.70. The summed E-state index contributed by atoms with van der Waals surface area (Å²) >= 11 is 4.50. The lowest BCUT2D eigenvalue weighted by Crippen LogP contribution is -2.28. The standard InChI is InChI=1S/C24H20BrN3O6S/c1-32-19-8-14(9-20(33-2)22(19)30)12-26-27-24-28(13-17-4-3-7-34-17)23(31)21(35-24)11-15-10-16(25)5-6-18(15)29/h3-12,29-30H,13H2,1-2H3/b21-11-,26-12+,27-24-. The number of thioether (sulfide) groups is 1. The van der Waals surface area contributed by atoms with Gasteiger partial charge in [-0.1, -0.05) is 15.9 Å². The second kappa shape index (κ2) is 10.7. The Balaban J connectivity index is 1.66. The molecule has 1 aliphatic rings. The van der Waals surface area contributed by atoms with Gasteiger partial charge in [0.05, 0.1) is 38.1 Å². The van der Waals surface area contributed by atoms with E-state index < -0.39 is 0 Å². The van der Waals surface area contributed by atoms with Crippen molar-refractivity contribution in [2.24, 2.45) is 10.2 Å². The number of phenolic OH excluding ortho intramolecular Hbond substituents is 2. The van der Waals surface area contributed by atoms with E-state index in [1.807, 2.05) is 0 Å². The number of halogens is 1. The van der Waals surface area contributed by atoms with E-state index in [-0.39, 0.29) is 35.4 Å². The van der Waals surface area contributed by atoms with E-state index in [4.69, 9.17) is 13.9 Å². The molecule has 0 atom stereocenters. The fraction of sp³-hybridized carbons (Fsp3) is 0.125. The Morgan fingerprint density at radius 3 is 2.54 bits per heavy atom. The normalized spacial score (nSPS) is 16.1. The number of hydrogen-bond donors (Lipinski definition) is 2. The predicted octanol–water partition coefficient (Wildman–Crippen LogP) is 4.98. The molecule has 4 rings (SSSR count). The fourth-order valence-electron chi connectivity index (χ4n) is 3.20. The summed E-state index contributed by atoms with van der Waals surface area (Å²) < 4.78 is 16.5. The van der Waals surface area contributed by atoms with Crippen LogP contribution < -0.4 is 9.47 Å². The molecule has 180 valence electrons. The maximum atomic E-state index is 13.2. The van der Waals surface area contributed by atoms with Crippen LogP contribution in [0.1, 0.15) is 16.9 Å². The Morgan fingerprint density at radius 2 is 1.89 bits per heavy atom. The molecule has 1 amide bonds. The Bertz CT molecular complexity index is 1310. The van der Waals surface area contributed by atoms with Gasteiger partial charge in [-0.15, -0.1) is 5.10 Å². The summed E-state index contributed by atoms with van der Waals surface area (Å²) in [5.74, 6) is 0.656. The van der Waals surface area contributed by atoms with E-state index in [0.717, 1.165) is 16.2 Å². The summed E-state index contributed by atoms with van der Waals surface area (Å²) in [7, 11) is 2.86. The molecule has 1 aliphatic heterocycles. The van der Waals surface area contributed by atoms with Crippen LogP contribution in [-0.4, -0.2) is 46.6 Å². The highest BCUT2D eigenvalue weighted by Crippen LogP contribution is 2.37. The molecule has 2 heterocycles. The van der Waals surface area contributed by atoms with Gasteiger partial charge in [-0.25, -0.2) is 0 Å². The average molecular weight is 558 g/mol. The number of benzene rings is 2. The Kier molecular flexibility index (Phi) is 7.47. The molecule has 35 heavy (non-hydrogen) atoms. The van der Waals surface area contributed by atoms with Gasteiger partial charge in [0.25, 0.3) is 5.91 Å². The molecule has 0 saturated carbocycles. The molecule has 1 aromatic heterocycles. The first-order valence-electron chi connectivity index (χ1n) is 10.2. The van der Waals surface area contributed by atoms with Gasteiger partial charge in [0.1, 0.15) is 11.5 Å². The first-order valence-corrected chi connectivity index (χ1v) is 11.8. The van der Waals surface area contributed by atoms with Crippen LogP contribution in [-0.2, 0) is 11.3 Å². The van der Waals surface area contributed by atoms with E-state index in [1.54, 1.807) is 48.5 Å². The van der Waals surface area contributed by atoms with Crippen molar-refractivity contribution in [3.63, 3.8) is 0 Å². The minimum absolute atomic E-state index is 0.0466. The summed E-state index contributed by atoms with van der Waals surface area (Å²) in [5, 5.41) is 29.0. The van der Waals surface area contributed by atoms with Gasteiger partial charge in [0, 0.05) is 15.6 Å². The number of amidine groups is 1. The number of aromatic hydroxyl groups is 2. The van der Waals surface area contributed by atoms with Gasteiger partial charge < -0.3 is 24.1 Å². The maximum Gasteiger partial charge on any atom is 0.267 e. The van der Waals surface area contributed by atoms with Crippen LogP contribution in [0.4, 0.5) is 0 Å². The molecule has 2 N–H and O–H groups in total. The number of hydrogen-bond acceptors (Lipinski definition) is 9. The van der Waals surface area contributed by atoms with Crippen molar-refractivity contribution in [1.29, 1.82) is 0 Å². The van der Waals surface area contributed by atoms with E-state index in [0.29, 0.717) is 27.0 Å². The second-order valence-electron chi connectivity index (χ2n) is 7.19. The summed E-state index contributed by atoms with van der Waals surface area (Å²) in [6.07, 6.45) is 4.58. The molecule has 0 bridgehead atoms. The molecular formula is C24H20BrN3O6S. The third kappa shape index (κ3) is 5.52. The Morgan fingerprint density at radius 1 is 1.14 bits per heavy atom. The quantitative estimate of drug-likeness (QED) is 0.239. The number of nitrogens with zero attached hydrogens (tertiary/aromatic N) is 3. The van der Waals surface area contributed by atoms with Crippen molar-refractivity contribution in [3.05, 3.63) is 75.0 Å². The minimum Gasteiger partial charge on any atom is -0.507 e. The first kappa shape index (κ1) is 24.4. The SMILES string of the molecule is COc1cc(/C=N/N=C2\S/C(=C\c3cc(Br)ccc3O)C(=O)N2Cc2ccco2)cc(OC)c1O. The zero-order chi connectivity index (χ0) is 24.9. The fourth-order valence-corrected chi connectivity index (χ4v) is 4.50. The van der Waals surface area contributed by atoms with Gasteiger partial charge in [-0.2, -0.15) is 5.10 Å². The summed E-state index contributed by atoms with van der Waals surface area (Å²) in [6.45, 7) is 0.163. The molecule has 1 fully saturated rings. The molecule has 0 unspecified atom stereocenters. The van der Waals surface area contributed by atoms with Gasteiger partial charge in [-0.05, 0) is 60.3 Å². The topological polar surface area (TPSA) is 117 Å². The van der Waals surface area contributed by atoms with Crippen molar-refractivity contribution >= 4 is 51.1 Å². The molecule has 1 saturated heterocycles. The van der Waals surface area contributed by atoms with Gasteiger partial charge in [-0.3, -0.25) is 9.69 Å². The van der Waals surface area contributed by atoms with E-state index in [2.05, 4.69) is 26.1 Å². The van der Waals surface area contributed by atoms with Crippen LogP contribution in [0.2, 0.25) is 0 Å². The smallest absolute Gasteiger partial charge is 0.267 e. The molecular weight excluding hydrogens is 538 g/mol. The van der Waals surface area contributed by atoms with E-state index in [1.165, 1.54) is 31.6 Å². The predicted molar refractivity (Wildman–Crippen MR) is 137 cm³/mol. The van der Waals surface area contributed by atoms with Crippen LogP contribution >= 0.6 is 27.7 Å². The number of amides is 1. The van der Waals surface area contributed by atoms with Crippen LogP contribution in [0.25, 0.3) is 6.08 Å². The molecule has 3 aromatic rings. The molecule has 0 aliphatic carbocycles. The van der Waals surface area contributed by atoms with E-state index >= 15 is 0 Å². The number of phenols is 2. The number of rotatable bonds is 7. The molecule has 11 heteroatoms. The largest absolute Gasteiger partial charge is 0.507 e. The lowest BCUT2D eigenvalue weighted by molar-refractivity contribution is -0.122. The van der Waals surface area contributed by atoms with Gasteiger partial charge in [0.2, 0.25) is 5.75 Å². The first-order chi connectivity index (χ1) is 16.9. The molecule has 0 radical (unpaired) electrons. The zero-order valence-corrected chi connectivity index (χ0v) is 21.0. The van der Waals surface area contributed by atoms with Crippen molar-refractivity contribution in [1.82, 2.24) is 4.90 Å². The van der Waals surface area contributed by atoms with Crippen LogP contribution in [0.15, 0.2) is 72.7 Å². The van der Waals surface area contributed by atoms with Gasteiger partial charge >= 0.3 is 0 Å². The van der Waals surface area contributed by atoms with Crippen LogP contribution in [0.5, 0.6) is 23.0 Å². The van der Waals surface area contributed by atoms with Crippen LogP contribution in [0, 0.1) is 0 Å². The van der Waals surface area contributed by atoms with Crippen molar-refractivity contribution in [2.45, 2.75) is 6.54 Å². The molecule has 9 nitrogen and oxygen atoms in total. The van der Waals surface area contributed by atoms with Crippen molar-refractivity contribution in [3.8, 4) is 23.0 Å². The lowest BCUT2D eigenvalue weighted by Gasteiger charge is -2.12. The van der Waals surface area contributed by atoms with Crippen molar-refractivity contribution < 1.29 is 28.9 Å². The van der Waals surface area contributed by atoms with Gasteiger partial charge in [0.15, 0.2) is 16.7 Å². The third-order valence-electron chi connectivity index (χ3n) is 4.91. The Labute approximate surface area is 213 Å². The second-order valence-corrected chi connectivity index (χ2v) is 9.11. The summed E-state index contributed by atoms with van der Waals surface area (Å²) in [6, 6.07) is 11.6. The van der Waals surface area contributed by atoms with Crippen LogP contribution in [0.3, 0.4) is 0 Å². The number of furan rings is 1. The highest BCUT2D eigenvalue weighted by Gasteiger charge is 2.34. The molecule has 0 spiro atoms. The average Bonchev–Trinajstić information content (AvgIpc) is 3.46. The highest BCUT2D eigenvalue weighted by molar-refractivity contribution is 9.10. The molecule has 2 aromatic carbocycles. The third-order valence-corrected chi connectivity index (χ3v) is 6.40. The summed E-state index contributed by atoms with van der Waals surface area (Å²) in [4.78, 5) is 15.0. The number of ether oxygens (including phenoxy) is 2. The highest BCUT2D eigenvalue weighted by atomic mass is 79.9. The minimum atomic E-state index is -0.298. The summed E-state index contributed by atoms with van der Waals surface area (Å²) in [5.41, 5.74) is 1.06. The number of carbonyl (C=O) groups is 1. The number of methoxy groups -OCH3 is 2. The maximum absolute atomic E-state index is 13.2. The lowest BCUT2D eigenvalue weighted by atomic mass is 10.2. The number of carbonyl (C=O) groups excluding carboxylic acids is 1. The monoisotopic (exact) mass is 557 g/mol. The van der Waals surface area contributed by atoms with E-state index in [9.17, 15) is 15.0 Å². The van der Waals surface area contributed by atoms with Crippen molar-refractivity contribution in [2.75, 3.05) is 14.2 Å².